The number of fused-ring (bicyclic) bond motifs is 1. The first-order valence-corrected chi connectivity index (χ1v) is 14.7. The van der Waals surface area contributed by atoms with Crippen LogP contribution in [0.1, 0.15) is 51.5 Å². The van der Waals surface area contributed by atoms with Crippen LogP contribution in [0.25, 0.3) is 0 Å². The quantitative estimate of drug-likeness (QED) is 0.506. The summed E-state index contributed by atoms with van der Waals surface area (Å²) in [7, 11) is 1.91. The molecular formula is C31H39ClN4O4. The van der Waals surface area contributed by atoms with E-state index >= 15 is 0 Å². The Bertz CT molecular complexity index is 1260. The van der Waals surface area contributed by atoms with Crippen molar-refractivity contribution in [1.29, 1.82) is 0 Å². The van der Waals surface area contributed by atoms with Crippen LogP contribution in [0.15, 0.2) is 48.5 Å². The smallest absolute Gasteiger partial charge is 0.248 e. The normalized spacial score (nSPS) is 23.1. The summed E-state index contributed by atoms with van der Waals surface area (Å²) in [4.78, 5) is 44.1. The van der Waals surface area contributed by atoms with Crippen molar-refractivity contribution in [3.8, 4) is 5.75 Å². The van der Waals surface area contributed by atoms with Gasteiger partial charge in [0, 0.05) is 36.8 Å². The molecule has 214 valence electrons. The average molecular weight is 567 g/mol. The molecule has 2 aromatic carbocycles. The van der Waals surface area contributed by atoms with Crippen molar-refractivity contribution in [3.63, 3.8) is 0 Å². The molecule has 1 aliphatic carbocycles. The van der Waals surface area contributed by atoms with Gasteiger partial charge in [-0.1, -0.05) is 41.9 Å². The van der Waals surface area contributed by atoms with Crippen molar-refractivity contribution in [2.24, 2.45) is 5.92 Å². The Morgan fingerprint density at radius 3 is 2.45 bits per heavy atom. The maximum atomic E-state index is 13.8. The van der Waals surface area contributed by atoms with Crippen LogP contribution in [-0.2, 0) is 19.8 Å². The van der Waals surface area contributed by atoms with E-state index in [1.54, 1.807) is 17.0 Å². The SMILES string of the molecule is CN[C@@H]1CC[C@H](C(=O)NC(COc2ccccc2Cl)C(=O)N2CCC(N3C(=O)C(C)(C)c4ccccc43)CC2)C1. The van der Waals surface area contributed by atoms with Crippen molar-refractivity contribution >= 4 is 35.0 Å². The lowest BCUT2D eigenvalue weighted by atomic mass is 9.86. The molecule has 3 aliphatic rings. The fourth-order valence-electron chi connectivity index (χ4n) is 6.35. The third kappa shape index (κ3) is 5.56. The summed E-state index contributed by atoms with van der Waals surface area (Å²) in [6, 6.07) is 14.6. The summed E-state index contributed by atoms with van der Waals surface area (Å²) in [5.74, 6) is 0.155. The maximum Gasteiger partial charge on any atom is 0.248 e. The van der Waals surface area contributed by atoms with Gasteiger partial charge < -0.3 is 25.2 Å². The van der Waals surface area contributed by atoms with Crippen molar-refractivity contribution in [2.45, 2.75) is 69.5 Å². The van der Waals surface area contributed by atoms with Gasteiger partial charge in [-0.15, -0.1) is 0 Å². The van der Waals surface area contributed by atoms with E-state index in [9.17, 15) is 14.4 Å². The zero-order chi connectivity index (χ0) is 28.4. The van der Waals surface area contributed by atoms with Crippen molar-refractivity contribution in [3.05, 3.63) is 59.1 Å². The van der Waals surface area contributed by atoms with Crippen LogP contribution in [-0.4, -0.2) is 67.5 Å². The molecule has 3 amide bonds. The fourth-order valence-corrected chi connectivity index (χ4v) is 6.54. The number of nitrogens with zero attached hydrogens (tertiary/aromatic N) is 2. The van der Waals surface area contributed by atoms with Crippen LogP contribution in [0.2, 0.25) is 5.02 Å². The van der Waals surface area contributed by atoms with Crippen molar-refractivity contribution in [2.75, 3.05) is 31.6 Å². The number of rotatable bonds is 8. The van der Waals surface area contributed by atoms with E-state index < -0.39 is 11.5 Å². The predicted molar refractivity (Wildman–Crippen MR) is 156 cm³/mol. The zero-order valence-corrected chi connectivity index (χ0v) is 24.2. The molecular weight excluding hydrogens is 528 g/mol. The summed E-state index contributed by atoms with van der Waals surface area (Å²) in [5, 5.41) is 6.70. The number of ether oxygens (including phenoxy) is 1. The number of para-hydroxylation sites is 2. The fraction of sp³-hybridized carbons (Fsp3) is 0.516. The minimum Gasteiger partial charge on any atom is -0.489 e. The molecule has 2 heterocycles. The number of amides is 3. The van der Waals surface area contributed by atoms with Crippen LogP contribution < -0.4 is 20.3 Å². The number of piperidine rings is 1. The van der Waals surface area contributed by atoms with Gasteiger partial charge in [-0.2, -0.15) is 0 Å². The van der Waals surface area contributed by atoms with E-state index in [2.05, 4.69) is 10.6 Å². The van der Waals surface area contributed by atoms with Gasteiger partial charge >= 0.3 is 0 Å². The molecule has 0 aromatic heterocycles. The topological polar surface area (TPSA) is 91.0 Å². The number of carbonyl (C=O) groups excluding carboxylic acids is 3. The van der Waals surface area contributed by atoms with E-state index in [4.69, 9.17) is 16.3 Å². The molecule has 2 fully saturated rings. The predicted octanol–water partition coefficient (Wildman–Crippen LogP) is 3.91. The summed E-state index contributed by atoms with van der Waals surface area (Å²) in [6.07, 6.45) is 3.81. The van der Waals surface area contributed by atoms with Crippen molar-refractivity contribution in [1.82, 2.24) is 15.5 Å². The summed E-state index contributed by atoms with van der Waals surface area (Å²) >= 11 is 6.28. The molecule has 40 heavy (non-hydrogen) atoms. The second-order valence-electron chi connectivity index (χ2n) is 11.7. The number of hydrogen-bond donors (Lipinski definition) is 2. The Morgan fingerprint density at radius 2 is 1.75 bits per heavy atom. The minimum absolute atomic E-state index is 0.0113. The lowest BCUT2D eigenvalue weighted by molar-refractivity contribution is -0.139. The molecule has 1 unspecified atom stereocenters. The Morgan fingerprint density at radius 1 is 1.05 bits per heavy atom. The molecule has 0 bridgehead atoms. The first kappa shape index (κ1) is 28.4. The van der Waals surface area contributed by atoms with Gasteiger partial charge in [-0.05, 0) is 76.8 Å². The van der Waals surface area contributed by atoms with Gasteiger partial charge in [0.15, 0.2) is 0 Å². The first-order valence-electron chi connectivity index (χ1n) is 14.3. The largest absolute Gasteiger partial charge is 0.489 e. The lowest BCUT2D eigenvalue weighted by Crippen LogP contribution is -2.56. The molecule has 0 radical (unpaired) electrons. The van der Waals surface area contributed by atoms with Crippen molar-refractivity contribution < 1.29 is 19.1 Å². The second-order valence-corrected chi connectivity index (χ2v) is 12.1. The second kappa shape index (κ2) is 11.8. The van der Waals surface area contributed by atoms with E-state index in [-0.39, 0.29) is 36.3 Å². The summed E-state index contributed by atoms with van der Waals surface area (Å²) in [5.41, 5.74) is 1.45. The molecule has 3 atom stereocenters. The number of nitrogens with one attached hydrogen (secondary N) is 2. The van der Waals surface area contributed by atoms with Gasteiger partial charge in [-0.3, -0.25) is 14.4 Å². The van der Waals surface area contributed by atoms with Gasteiger partial charge in [0.1, 0.15) is 18.4 Å². The molecule has 5 rings (SSSR count). The third-order valence-corrected chi connectivity index (χ3v) is 9.11. The van der Waals surface area contributed by atoms with Crippen LogP contribution in [0.3, 0.4) is 0 Å². The zero-order valence-electron chi connectivity index (χ0n) is 23.5. The van der Waals surface area contributed by atoms with Crippen LogP contribution in [0, 0.1) is 5.92 Å². The third-order valence-electron chi connectivity index (χ3n) is 8.80. The monoisotopic (exact) mass is 566 g/mol. The minimum atomic E-state index is -0.831. The van der Waals surface area contributed by atoms with Gasteiger partial charge in [-0.25, -0.2) is 0 Å². The number of likely N-dealkylation sites (tertiary alicyclic amines) is 1. The Balaban J connectivity index is 1.26. The molecule has 1 saturated carbocycles. The van der Waals surface area contributed by atoms with Gasteiger partial charge in [0.25, 0.3) is 0 Å². The Hall–Kier alpha value is -3.10. The lowest BCUT2D eigenvalue weighted by Gasteiger charge is -2.38. The van der Waals surface area contributed by atoms with E-state index in [1.807, 2.05) is 62.2 Å². The van der Waals surface area contributed by atoms with Crippen LogP contribution >= 0.6 is 11.6 Å². The maximum absolute atomic E-state index is 13.8. The standard InChI is InChI=1S/C31H39ClN4O4/c1-31(2)23-8-4-6-10-26(23)36(30(31)39)22-14-16-35(17-15-22)29(38)25(19-40-27-11-7-5-9-24(27)32)34-28(37)20-12-13-21(18-20)33-3/h4-11,20-22,25,33H,12-19H2,1-3H3,(H,34,37)/t20-,21+,25?/m0/s1. The average Bonchev–Trinajstić information content (AvgIpc) is 3.53. The highest BCUT2D eigenvalue weighted by Crippen LogP contribution is 2.43. The summed E-state index contributed by atoms with van der Waals surface area (Å²) < 4.78 is 5.94. The molecule has 9 heteroatoms. The highest BCUT2D eigenvalue weighted by atomic mass is 35.5. The highest BCUT2D eigenvalue weighted by Gasteiger charge is 2.47. The molecule has 2 aromatic rings. The van der Waals surface area contributed by atoms with Gasteiger partial charge in [0.2, 0.25) is 17.7 Å². The number of hydrogen-bond acceptors (Lipinski definition) is 5. The van der Waals surface area contributed by atoms with Gasteiger partial charge in [0.05, 0.1) is 10.4 Å². The Kier molecular flexibility index (Phi) is 8.38. The molecule has 8 nitrogen and oxygen atoms in total. The molecule has 2 N–H and O–H groups in total. The first-order chi connectivity index (χ1) is 19.2. The number of carbonyl (C=O) groups is 3. The number of anilines is 1. The van der Waals surface area contributed by atoms with E-state index in [0.29, 0.717) is 42.7 Å². The molecule has 0 spiro atoms. The Labute approximate surface area is 241 Å². The molecule has 2 aliphatic heterocycles. The number of benzene rings is 2. The molecule has 1 saturated heterocycles. The van der Waals surface area contributed by atoms with E-state index in [1.165, 1.54) is 0 Å². The van der Waals surface area contributed by atoms with Crippen LogP contribution in [0.4, 0.5) is 5.69 Å². The highest BCUT2D eigenvalue weighted by molar-refractivity contribution is 6.32. The van der Waals surface area contributed by atoms with E-state index in [0.717, 1.165) is 30.5 Å². The number of halogens is 1. The summed E-state index contributed by atoms with van der Waals surface area (Å²) in [6.45, 7) is 4.94. The van der Waals surface area contributed by atoms with Crippen LogP contribution in [0.5, 0.6) is 5.75 Å².